The van der Waals surface area contributed by atoms with Gasteiger partial charge in [0.05, 0.1) is 12.0 Å². The second kappa shape index (κ2) is 5.21. The highest BCUT2D eigenvalue weighted by Gasteiger charge is 2.18. The Morgan fingerprint density at radius 3 is 2.88 bits per heavy atom. The van der Waals surface area contributed by atoms with Crippen LogP contribution in [0.1, 0.15) is 5.56 Å². The summed E-state index contributed by atoms with van der Waals surface area (Å²) in [6.07, 6.45) is 1.32. The molecule has 1 atom stereocenters. The number of nitrogens with zero attached hydrogens (tertiary/aromatic N) is 1. The third-order valence-electron chi connectivity index (χ3n) is 2.10. The van der Waals surface area contributed by atoms with E-state index in [4.69, 9.17) is 5.73 Å². The number of aromatic amines is 1. The van der Waals surface area contributed by atoms with Gasteiger partial charge in [0.25, 0.3) is 0 Å². The van der Waals surface area contributed by atoms with Gasteiger partial charge in [-0.2, -0.15) is 0 Å². The van der Waals surface area contributed by atoms with Gasteiger partial charge in [0.1, 0.15) is 6.04 Å². The zero-order valence-corrected chi connectivity index (χ0v) is 9.00. The number of hydrogen-bond acceptors (Lipinski definition) is 6. The van der Waals surface area contributed by atoms with Crippen molar-refractivity contribution >= 4 is 11.7 Å². The first-order valence-electron chi connectivity index (χ1n) is 4.65. The predicted molar refractivity (Wildman–Crippen MR) is 57.4 cm³/mol. The van der Waals surface area contributed by atoms with E-state index in [0.29, 0.717) is 5.56 Å². The highest BCUT2D eigenvalue weighted by Crippen LogP contribution is 2.08. The fraction of sp³-hybridized carbons (Fsp3) is 0.333. The summed E-state index contributed by atoms with van der Waals surface area (Å²) in [5.74, 6) is -0.626. The number of carbonyl (C=O) groups is 1. The Morgan fingerprint density at radius 1 is 1.71 bits per heavy atom. The van der Waals surface area contributed by atoms with Crippen LogP contribution < -0.4 is 11.3 Å². The van der Waals surface area contributed by atoms with Crippen molar-refractivity contribution in [2.75, 3.05) is 7.11 Å². The lowest BCUT2D eigenvalue weighted by atomic mass is 10.1. The lowest BCUT2D eigenvalue weighted by Crippen LogP contribution is -2.33. The maximum Gasteiger partial charge on any atom is 0.334 e. The number of rotatable bonds is 4. The van der Waals surface area contributed by atoms with Crippen LogP contribution in [0.3, 0.4) is 0 Å². The lowest BCUT2D eigenvalue weighted by molar-refractivity contribution is -0.386. The predicted octanol–water partition coefficient (Wildman–Crippen LogP) is -0.674. The maximum atomic E-state index is 11.1. The van der Waals surface area contributed by atoms with Crippen molar-refractivity contribution in [3.63, 3.8) is 0 Å². The van der Waals surface area contributed by atoms with Crippen LogP contribution in [0.5, 0.6) is 0 Å². The molecule has 92 valence electrons. The van der Waals surface area contributed by atoms with E-state index in [1.807, 2.05) is 0 Å². The molecule has 3 N–H and O–H groups in total. The monoisotopic (exact) mass is 241 g/mol. The molecule has 0 aliphatic rings. The molecule has 8 heteroatoms. The summed E-state index contributed by atoms with van der Waals surface area (Å²) in [6.45, 7) is 0. The molecule has 0 aliphatic heterocycles. The van der Waals surface area contributed by atoms with Gasteiger partial charge in [-0.25, -0.2) is 0 Å². The summed E-state index contributed by atoms with van der Waals surface area (Å²) in [5, 5.41) is 10.5. The minimum Gasteiger partial charge on any atom is -0.468 e. The van der Waals surface area contributed by atoms with E-state index in [2.05, 4.69) is 9.72 Å². The van der Waals surface area contributed by atoms with Crippen LogP contribution in [0.4, 0.5) is 5.69 Å². The molecule has 0 spiro atoms. The second-order valence-corrected chi connectivity index (χ2v) is 3.31. The van der Waals surface area contributed by atoms with Crippen LogP contribution in [-0.4, -0.2) is 29.0 Å². The van der Waals surface area contributed by atoms with Gasteiger partial charge in [0.2, 0.25) is 0 Å². The zero-order valence-electron chi connectivity index (χ0n) is 9.00. The number of H-pyrrole nitrogens is 1. The fourth-order valence-electron chi connectivity index (χ4n) is 1.26. The van der Waals surface area contributed by atoms with E-state index in [1.165, 1.54) is 13.3 Å². The first-order chi connectivity index (χ1) is 7.95. The van der Waals surface area contributed by atoms with E-state index in [9.17, 15) is 19.7 Å². The van der Waals surface area contributed by atoms with E-state index in [0.717, 1.165) is 6.07 Å². The number of aromatic nitrogens is 1. The molecular weight excluding hydrogens is 230 g/mol. The van der Waals surface area contributed by atoms with Gasteiger partial charge < -0.3 is 15.5 Å². The van der Waals surface area contributed by atoms with Crippen molar-refractivity contribution in [3.8, 4) is 0 Å². The minimum atomic E-state index is -0.925. The van der Waals surface area contributed by atoms with Crippen LogP contribution in [0.15, 0.2) is 17.1 Å². The molecule has 0 aromatic carbocycles. The SMILES string of the molecule is COC(=O)[C@H](N)Cc1c[nH]c(=O)c([N+](=O)[O-])c1. The van der Waals surface area contributed by atoms with Crippen molar-refractivity contribution in [3.05, 3.63) is 38.3 Å². The van der Waals surface area contributed by atoms with Gasteiger partial charge in [-0.3, -0.25) is 19.7 Å². The van der Waals surface area contributed by atoms with Crippen LogP contribution >= 0.6 is 0 Å². The van der Waals surface area contributed by atoms with Crippen LogP contribution in [0, 0.1) is 10.1 Å². The number of esters is 1. The van der Waals surface area contributed by atoms with Gasteiger partial charge in [-0.1, -0.05) is 0 Å². The highest BCUT2D eigenvalue weighted by atomic mass is 16.6. The summed E-state index contributed by atoms with van der Waals surface area (Å²) in [5.41, 5.74) is 4.49. The Hall–Kier alpha value is -2.22. The van der Waals surface area contributed by atoms with Crippen LogP contribution in [0.25, 0.3) is 0 Å². The van der Waals surface area contributed by atoms with E-state index in [1.54, 1.807) is 0 Å². The van der Waals surface area contributed by atoms with Crippen LogP contribution in [-0.2, 0) is 16.0 Å². The van der Waals surface area contributed by atoms with Crippen molar-refractivity contribution < 1.29 is 14.5 Å². The first kappa shape index (κ1) is 12.8. The molecule has 1 aromatic heterocycles. The third-order valence-corrected chi connectivity index (χ3v) is 2.10. The van der Waals surface area contributed by atoms with Crippen molar-refractivity contribution in [2.24, 2.45) is 5.73 Å². The molecule has 17 heavy (non-hydrogen) atoms. The number of nitrogens with two attached hydrogens (primary N) is 1. The Bertz CT molecular complexity index is 496. The number of ether oxygens (including phenoxy) is 1. The number of nitrogens with one attached hydrogen (secondary N) is 1. The fourth-order valence-corrected chi connectivity index (χ4v) is 1.26. The smallest absolute Gasteiger partial charge is 0.334 e. The van der Waals surface area contributed by atoms with E-state index < -0.39 is 28.2 Å². The molecule has 0 saturated carbocycles. The summed E-state index contributed by atoms with van der Waals surface area (Å²) in [4.78, 5) is 34.0. The molecule has 1 heterocycles. The zero-order chi connectivity index (χ0) is 13.0. The largest absolute Gasteiger partial charge is 0.468 e. The van der Waals surface area contributed by atoms with Crippen molar-refractivity contribution in [1.29, 1.82) is 0 Å². The molecule has 0 saturated heterocycles. The highest BCUT2D eigenvalue weighted by molar-refractivity contribution is 5.75. The van der Waals surface area contributed by atoms with Gasteiger partial charge in [0.15, 0.2) is 0 Å². The maximum absolute atomic E-state index is 11.1. The molecule has 0 bridgehead atoms. The number of hydrogen-bond donors (Lipinski definition) is 2. The summed E-state index contributed by atoms with van der Waals surface area (Å²) < 4.78 is 4.42. The second-order valence-electron chi connectivity index (χ2n) is 3.31. The number of methoxy groups -OCH3 is 1. The molecule has 8 nitrogen and oxygen atoms in total. The minimum absolute atomic E-state index is 0.0459. The molecule has 0 amide bonds. The number of pyridine rings is 1. The molecule has 0 radical (unpaired) electrons. The molecule has 1 rings (SSSR count). The van der Waals surface area contributed by atoms with Crippen molar-refractivity contribution in [1.82, 2.24) is 4.98 Å². The van der Waals surface area contributed by atoms with Gasteiger partial charge in [-0.15, -0.1) is 0 Å². The Morgan fingerprint density at radius 2 is 2.35 bits per heavy atom. The van der Waals surface area contributed by atoms with Gasteiger partial charge in [-0.05, 0) is 12.0 Å². The summed E-state index contributed by atoms with van der Waals surface area (Å²) in [6, 6.07) is 0.159. The lowest BCUT2D eigenvalue weighted by Gasteiger charge is -2.08. The van der Waals surface area contributed by atoms with Gasteiger partial charge >= 0.3 is 17.2 Å². The normalized spacial score (nSPS) is 11.9. The number of nitro groups is 1. The Kier molecular flexibility index (Phi) is 3.94. The summed E-state index contributed by atoms with van der Waals surface area (Å²) >= 11 is 0. The van der Waals surface area contributed by atoms with Crippen LogP contribution in [0.2, 0.25) is 0 Å². The standard InChI is InChI=1S/C9H11N3O5/c1-17-9(14)6(10)2-5-3-7(12(15)16)8(13)11-4-5/h3-4,6H,2,10H2,1H3,(H,11,13)/t6-/m1/s1. The molecular formula is C9H11N3O5. The van der Waals surface area contributed by atoms with Gasteiger partial charge in [0, 0.05) is 12.3 Å². The first-order valence-corrected chi connectivity index (χ1v) is 4.65. The average Bonchev–Trinajstić information content (AvgIpc) is 2.30. The summed E-state index contributed by atoms with van der Waals surface area (Å²) in [7, 11) is 1.19. The third kappa shape index (κ3) is 3.11. The molecule has 0 unspecified atom stereocenters. The Labute approximate surface area is 95.5 Å². The van der Waals surface area contributed by atoms with Crippen molar-refractivity contribution in [2.45, 2.75) is 12.5 Å². The average molecular weight is 241 g/mol. The quantitative estimate of drug-likeness (QED) is 0.408. The number of carbonyl (C=O) groups excluding carboxylic acids is 1. The molecule has 1 aromatic rings. The van der Waals surface area contributed by atoms with E-state index >= 15 is 0 Å². The molecule has 0 fully saturated rings. The van der Waals surface area contributed by atoms with E-state index in [-0.39, 0.29) is 6.42 Å². The molecule has 0 aliphatic carbocycles. The topological polar surface area (TPSA) is 128 Å². The Balaban J connectivity index is 2.94.